The Labute approximate surface area is 85.4 Å². The summed E-state index contributed by atoms with van der Waals surface area (Å²) in [6.45, 7) is 8.72. The quantitative estimate of drug-likeness (QED) is 0.266. The number of hydrogen-bond donors (Lipinski definition) is 1. The van der Waals surface area contributed by atoms with Crippen molar-refractivity contribution in [3.8, 4) is 0 Å². The fourth-order valence-electron chi connectivity index (χ4n) is 0.102. The van der Waals surface area contributed by atoms with Gasteiger partial charge in [-0.25, -0.2) is 0 Å². The van der Waals surface area contributed by atoms with E-state index in [0.29, 0.717) is 0 Å². The molecule has 0 saturated heterocycles. The predicted molar refractivity (Wildman–Crippen MR) is 39.9 cm³/mol. The number of carbonyl (C=O) groups is 1. The van der Waals surface area contributed by atoms with E-state index in [4.69, 9.17) is 0 Å². The third-order valence-corrected chi connectivity index (χ3v) is 0.432. The third-order valence-electron chi connectivity index (χ3n) is 0.432. The van der Waals surface area contributed by atoms with Crippen molar-refractivity contribution in [3.63, 3.8) is 0 Å². The molecule has 3 heteroatoms. The zero-order valence-electron chi connectivity index (χ0n) is 7.11. The summed E-state index contributed by atoms with van der Waals surface area (Å²) in [7, 11) is 1.56. The molecular weight excluding hydrogens is 137 g/mol. The topological polar surface area (TPSA) is 29.1 Å². The maximum Gasteiger partial charge on any atom is 1.00 e. The van der Waals surface area contributed by atoms with Crippen molar-refractivity contribution >= 4 is 5.91 Å². The average molecular weight is 151 g/mol. The normalized spacial score (nSPS) is 5.90. The van der Waals surface area contributed by atoms with Crippen LogP contribution in [0.2, 0.25) is 0 Å². The molecule has 0 aliphatic rings. The van der Waals surface area contributed by atoms with Gasteiger partial charge in [-0.05, 0) is 6.08 Å². The molecule has 0 heterocycles. The van der Waals surface area contributed by atoms with Gasteiger partial charge >= 0.3 is 29.6 Å². The van der Waals surface area contributed by atoms with Gasteiger partial charge < -0.3 is 12.2 Å². The Morgan fingerprint density at radius 1 is 1.80 bits per heavy atom. The van der Waals surface area contributed by atoms with Crippen molar-refractivity contribution in [2.24, 2.45) is 0 Å². The Kier molecular flexibility index (Phi) is 26.8. The summed E-state index contributed by atoms with van der Waals surface area (Å²) in [5.74, 6) is -0.144. The van der Waals surface area contributed by atoms with Gasteiger partial charge in [0.1, 0.15) is 0 Å². The van der Waals surface area contributed by atoms with Crippen molar-refractivity contribution in [2.45, 2.75) is 13.3 Å². The van der Waals surface area contributed by atoms with Crippen LogP contribution in [-0.4, -0.2) is 13.0 Å². The van der Waals surface area contributed by atoms with Crippen LogP contribution in [0.15, 0.2) is 12.7 Å². The first-order chi connectivity index (χ1) is 4.22. The Bertz CT molecular complexity index is 83.7. The number of amides is 1. The molecule has 0 aromatic carbocycles. The van der Waals surface area contributed by atoms with Crippen molar-refractivity contribution in [2.75, 3.05) is 7.05 Å². The largest absolute Gasteiger partial charge is 1.00 e. The average Bonchev–Trinajstić information content (AvgIpc) is 1.88. The molecule has 0 spiro atoms. The molecule has 0 aliphatic carbocycles. The molecule has 10 heavy (non-hydrogen) atoms. The van der Waals surface area contributed by atoms with E-state index in [0.717, 1.165) is 6.42 Å². The Balaban J connectivity index is -0.000000107. The van der Waals surface area contributed by atoms with Crippen LogP contribution in [0.4, 0.5) is 0 Å². The molecule has 0 radical (unpaired) electrons. The van der Waals surface area contributed by atoms with Gasteiger partial charge in [-0.2, -0.15) is 6.42 Å². The molecule has 0 atom stereocenters. The second-order valence-electron chi connectivity index (χ2n) is 1.32. The monoisotopic (exact) mass is 151 g/mol. The Morgan fingerprint density at radius 3 is 2.10 bits per heavy atom. The van der Waals surface area contributed by atoms with Crippen LogP contribution in [0.5, 0.6) is 0 Å². The van der Waals surface area contributed by atoms with E-state index in [2.05, 4.69) is 18.8 Å². The minimum Gasteiger partial charge on any atom is -0.356 e. The van der Waals surface area contributed by atoms with E-state index < -0.39 is 0 Å². The van der Waals surface area contributed by atoms with Crippen LogP contribution < -0.4 is 34.9 Å². The first kappa shape index (κ1) is 16.7. The Morgan fingerprint density at radius 2 is 2.10 bits per heavy atom. The molecule has 0 fully saturated rings. The SMILES string of the molecule is C=CC(=O)NC.[CH2-]CC.[Na+]. The van der Waals surface area contributed by atoms with Gasteiger partial charge in [-0.1, -0.05) is 13.5 Å². The zero-order chi connectivity index (χ0) is 7.70. The van der Waals surface area contributed by atoms with Gasteiger partial charge in [0.25, 0.3) is 0 Å². The summed E-state index contributed by atoms with van der Waals surface area (Å²) in [5.41, 5.74) is 0. The number of likely N-dealkylation sites (N-methyl/N-ethyl adjacent to an activating group) is 1. The second-order valence-corrected chi connectivity index (χ2v) is 1.32. The van der Waals surface area contributed by atoms with Gasteiger partial charge in [-0.15, -0.1) is 0 Å². The molecule has 0 saturated carbocycles. The predicted octanol–water partition coefficient (Wildman–Crippen LogP) is -1.85. The first-order valence-electron chi connectivity index (χ1n) is 2.86. The van der Waals surface area contributed by atoms with Crippen LogP contribution >= 0.6 is 0 Å². The van der Waals surface area contributed by atoms with Crippen LogP contribution in [0.25, 0.3) is 0 Å². The number of nitrogens with one attached hydrogen (secondary N) is 1. The number of carbonyl (C=O) groups excluding carboxylic acids is 1. The zero-order valence-corrected chi connectivity index (χ0v) is 9.11. The fourth-order valence-corrected chi connectivity index (χ4v) is 0.102. The number of rotatable bonds is 1. The third kappa shape index (κ3) is 24.1. The van der Waals surface area contributed by atoms with Gasteiger partial charge in [0.2, 0.25) is 5.91 Å². The maximum atomic E-state index is 9.95. The molecule has 54 valence electrons. The van der Waals surface area contributed by atoms with Crippen molar-refractivity contribution < 1.29 is 34.4 Å². The van der Waals surface area contributed by atoms with Crippen LogP contribution in [0, 0.1) is 6.92 Å². The van der Waals surface area contributed by atoms with Crippen LogP contribution in [-0.2, 0) is 4.79 Å². The molecule has 0 bridgehead atoms. The van der Waals surface area contributed by atoms with E-state index in [1.807, 2.05) is 6.92 Å². The van der Waals surface area contributed by atoms with Crippen molar-refractivity contribution in [1.82, 2.24) is 5.32 Å². The standard InChI is InChI=1S/C4H7NO.C3H7.Na/c1-3-4(6)5-2;1-3-2;/h3H,1H2,2H3,(H,5,6);1,3H2,2H3;/q;-1;+1. The molecule has 0 aromatic heterocycles. The molecule has 0 aromatic rings. The molecular formula is C7H14NNaO. The summed E-state index contributed by atoms with van der Waals surface area (Å²) in [6.07, 6.45) is 2.22. The molecule has 0 aliphatic heterocycles. The van der Waals surface area contributed by atoms with E-state index >= 15 is 0 Å². The second kappa shape index (κ2) is 16.1. The van der Waals surface area contributed by atoms with E-state index in [1.165, 1.54) is 6.08 Å². The first-order valence-corrected chi connectivity index (χ1v) is 2.86. The van der Waals surface area contributed by atoms with Crippen LogP contribution in [0.1, 0.15) is 13.3 Å². The maximum absolute atomic E-state index is 9.95. The molecule has 2 nitrogen and oxygen atoms in total. The molecule has 1 amide bonds. The van der Waals surface area contributed by atoms with Gasteiger partial charge in [-0.3, -0.25) is 4.79 Å². The molecule has 1 N–H and O–H groups in total. The Hall–Kier alpha value is 0.210. The molecule has 0 unspecified atom stereocenters. The summed E-state index contributed by atoms with van der Waals surface area (Å²) in [5, 5.41) is 2.36. The van der Waals surface area contributed by atoms with Crippen molar-refractivity contribution in [1.29, 1.82) is 0 Å². The van der Waals surface area contributed by atoms with E-state index in [-0.39, 0.29) is 35.5 Å². The van der Waals surface area contributed by atoms with Crippen LogP contribution in [0.3, 0.4) is 0 Å². The van der Waals surface area contributed by atoms with E-state index in [9.17, 15) is 4.79 Å². The smallest absolute Gasteiger partial charge is 0.356 e. The van der Waals surface area contributed by atoms with Gasteiger partial charge in [0, 0.05) is 7.05 Å². The number of hydrogen-bond acceptors (Lipinski definition) is 1. The van der Waals surface area contributed by atoms with Gasteiger partial charge in [0.05, 0.1) is 0 Å². The summed E-state index contributed by atoms with van der Waals surface area (Å²) < 4.78 is 0. The van der Waals surface area contributed by atoms with E-state index in [1.54, 1.807) is 7.05 Å². The minimum atomic E-state index is -0.144. The summed E-state index contributed by atoms with van der Waals surface area (Å²) >= 11 is 0. The summed E-state index contributed by atoms with van der Waals surface area (Å²) in [4.78, 5) is 9.95. The molecule has 0 rings (SSSR count). The van der Waals surface area contributed by atoms with Crippen molar-refractivity contribution in [3.05, 3.63) is 19.6 Å². The minimum absolute atomic E-state index is 0. The summed E-state index contributed by atoms with van der Waals surface area (Å²) in [6, 6.07) is 0. The fraction of sp³-hybridized carbons (Fsp3) is 0.429. The van der Waals surface area contributed by atoms with Gasteiger partial charge in [0.15, 0.2) is 0 Å².